The summed E-state index contributed by atoms with van der Waals surface area (Å²) in [6, 6.07) is 14.4. The summed E-state index contributed by atoms with van der Waals surface area (Å²) in [7, 11) is 0. The Morgan fingerprint density at radius 3 is 1.93 bits per heavy atom. The first kappa shape index (κ1) is 10.3. The van der Waals surface area contributed by atoms with E-state index in [4.69, 9.17) is 11.6 Å². The van der Waals surface area contributed by atoms with E-state index in [0.29, 0.717) is 0 Å². The van der Waals surface area contributed by atoms with Gasteiger partial charge in [0.05, 0.1) is 0 Å². The first-order chi connectivity index (χ1) is 7.16. The van der Waals surface area contributed by atoms with E-state index in [9.17, 15) is 0 Å². The summed E-state index contributed by atoms with van der Waals surface area (Å²) < 4.78 is 0. The summed E-state index contributed by atoms with van der Waals surface area (Å²) in [4.78, 5) is 0. The van der Waals surface area contributed by atoms with E-state index >= 15 is 0 Å². The van der Waals surface area contributed by atoms with E-state index in [-0.39, 0.29) is 0 Å². The number of rotatable bonds is 1. The van der Waals surface area contributed by atoms with Crippen molar-refractivity contribution in [3.63, 3.8) is 0 Å². The lowest BCUT2D eigenvalue weighted by molar-refractivity contribution is 1.34. The Morgan fingerprint density at radius 2 is 1.33 bits per heavy atom. The molecule has 0 saturated heterocycles. The van der Waals surface area contributed by atoms with Crippen molar-refractivity contribution >= 4 is 11.6 Å². The molecule has 0 atom stereocenters. The van der Waals surface area contributed by atoms with Crippen molar-refractivity contribution in [2.45, 2.75) is 13.8 Å². The maximum absolute atomic E-state index is 5.86. The molecule has 0 aliphatic carbocycles. The third-order valence-electron chi connectivity index (χ3n) is 2.68. The number of aryl methyl sites for hydroxylation is 2. The molecule has 2 aromatic carbocycles. The monoisotopic (exact) mass is 216 g/mol. The quantitative estimate of drug-likeness (QED) is 0.652. The molecule has 0 aliphatic heterocycles. The van der Waals surface area contributed by atoms with Gasteiger partial charge < -0.3 is 0 Å². The minimum atomic E-state index is 0.780. The fourth-order valence-corrected chi connectivity index (χ4v) is 1.69. The van der Waals surface area contributed by atoms with Gasteiger partial charge in [0, 0.05) is 5.02 Å². The van der Waals surface area contributed by atoms with Crippen LogP contribution in [0.5, 0.6) is 0 Å². The molecule has 0 saturated carbocycles. The van der Waals surface area contributed by atoms with Gasteiger partial charge in [0.1, 0.15) is 0 Å². The van der Waals surface area contributed by atoms with Gasteiger partial charge in [0.25, 0.3) is 0 Å². The van der Waals surface area contributed by atoms with Gasteiger partial charge in [-0.15, -0.1) is 0 Å². The Bertz CT molecular complexity index is 469. The molecule has 0 unspecified atom stereocenters. The second kappa shape index (κ2) is 4.08. The molecule has 0 bridgehead atoms. The number of hydrogen-bond acceptors (Lipinski definition) is 0. The topological polar surface area (TPSA) is 0 Å². The third kappa shape index (κ3) is 2.21. The summed E-state index contributed by atoms with van der Waals surface area (Å²) in [5, 5.41) is 0.780. The van der Waals surface area contributed by atoms with E-state index in [1.165, 1.54) is 22.3 Å². The summed E-state index contributed by atoms with van der Waals surface area (Å²) in [6.07, 6.45) is 0. The Labute approximate surface area is 95.5 Å². The van der Waals surface area contributed by atoms with Crippen LogP contribution in [0.15, 0.2) is 42.5 Å². The van der Waals surface area contributed by atoms with E-state index in [2.05, 4.69) is 32.0 Å². The average molecular weight is 217 g/mol. The predicted molar refractivity (Wildman–Crippen MR) is 66.4 cm³/mol. The Hall–Kier alpha value is -1.27. The zero-order chi connectivity index (χ0) is 10.8. The van der Waals surface area contributed by atoms with Gasteiger partial charge >= 0.3 is 0 Å². The van der Waals surface area contributed by atoms with Gasteiger partial charge in [-0.25, -0.2) is 0 Å². The molecule has 0 aromatic heterocycles. The second-order valence-corrected chi connectivity index (χ2v) is 4.24. The van der Waals surface area contributed by atoms with E-state index in [0.717, 1.165) is 5.02 Å². The zero-order valence-electron chi connectivity index (χ0n) is 8.92. The highest BCUT2D eigenvalue weighted by molar-refractivity contribution is 6.30. The summed E-state index contributed by atoms with van der Waals surface area (Å²) >= 11 is 5.86. The van der Waals surface area contributed by atoms with E-state index < -0.39 is 0 Å². The van der Waals surface area contributed by atoms with Crippen LogP contribution in [0.2, 0.25) is 5.02 Å². The Kier molecular flexibility index (Phi) is 2.79. The minimum Gasteiger partial charge on any atom is -0.0843 e. The normalized spacial score (nSPS) is 10.3. The van der Waals surface area contributed by atoms with Crippen LogP contribution in [0.3, 0.4) is 0 Å². The van der Waals surface area contributed by atoms with Crippen LogP contribution < -0.4 is 0 Å². The fraction of sp³-hybridized carbons (Fsp3) is 0.143. The Balaban J connectivity index is 2.45. The van der Waals surface area contributed by atoms with Crippen LogP contribution in [0.25, 0.3) is 11.1 Å². The molecule has 0 radical (unpaired) electrons. The molecule has 2 rings (SSSR count). The molecule has 0 aliphatic rings. The first-order valence-electron chi connectivity index (χ1n) is 5.00. The van der Waals surface area contributed by atoms with Crippen LogP contribution >= 0.6 is 11.6 Å². The van der Waals surface area contributed by atoms with Gasteiger partial charge in [-0.1, -0.05) is 41.9 Å². The Morgan fingerprint density at radius 1 is 0.733 bits per heavy atom. The van der Waals surface area contributed by atoms with E-state index in [1.54, 1.807) is 0 Å². The second-order valence-electron chi connectivity index (χ2n) is 3.81. The summed E-state index contributed by atoms with van der Waals surface area (Å²) in [5.74, 6) is 0. The molecule has 0 heterocycles. The van der Waals surface area contributed by atoms with E-state index in [1.807, 2.05) is 24.3 Å². The lowest BCUT2D eigenvalue weighted by Crippen LogP contribution is -1.83. The van der Waals surface area contributed by atoms with Gasteiger partial charge in [-0.3, -0.25) is 0 Å². The van der Waals surface area contributed by atoms with Crippen LogP contribution in [0.1, 0.15) is 11.1 Å². The van der Waals surface area contributed by atoms with Crippen molar-refractivity contribution in [3.8, 4) is 11.1 Å². The number of hydrogen-bond donors (Lipinski definition) is 0. The summed E-state index contributed by atoms with van der Waals surface area (Å²) in [6.45, 7) is 4.26. The van der Waals surface area contributed by atoms with Crippen molar-refractivity contribution < 1.29 is 0 Å². The molecular weight excluding hydrogens is 204 g/mol. The number of halogens is 1. The lowest BCUT2D eigenvalue weighted by Gasteiger charge is -2.05. The van der Waals surface area contributed by atoms with Gasteiger partial charge in [-0.05, 0) is 48.2 Å². The van der Waals surface area contributed by atoms with Crippen LogP contribution in [0.4, 0.5) is 0 Å². The van der Waals surface area contributed by atoms with Crippen LogP contribution in [0, 0.1) is 13.8 Å². The maximum atomic E-state index is 5.86. The maximum Gasteiger partial charge on any atom is 0.0406 e. The largest absolute Gasteiger partial charge is 0.0843 e. The highest BCUT2D eigenvalue weighted by Gasteiger charge is 1.99. The average Bonchev–Trinajstić information content (AvgIpc) is 2.23. The molecule has 0 spiro atoms. The molecule has 0 amide bonds. The summed E-state index contributed by atoms with van der Waals surface area (Å²) in [5.41, 5.74) is 5.10. The molecule has 1 heteroatoms. The standard InChI is InChI=1S/C14H13Cl/c1-10-3-4-13(9-11(10)2)12-5-7-14(15)8-6-12/h3-9H,1-2H3. The molecule has 2 aromatic rings. The van der Waals surface area contributed by atoms with Crippen molar-refractivity contribution in [3.05, 3.63) is 58.6 Å². The van der Waals surface area contributed by atoms with Gasteiger partial charge in [0.15, 0.2) is 0 Å². The molecule has 0 N–H and O–H groups in total. The molecule has 76 valence electrons. The van der Waals surface area contributed by atoms with Crippen molar-refractivity contribution in [1.82, 2.24) is 0 Å². The molecule has 0 nitrogen and oxygen atoms in total. The molecule has 0 fully saturated rings. The van der Waals surface area contributed by atoms with Crippen LogP contribution in [-0.2, 0) is 0 Å². The van der Waals surface area contributed by atoms with Gasteiger partial charge in [0.2, 0.25) is 0 Å². The molecule has 15 heavy (non-hydrogen) atoms. The minimum absolute atomic E-state index is 0.780. The van der Waals surface area contributed by atoms with Crippen LogP contribution in [-0.4, -0.2) is 0 Å². The smallest absolute Gasteiger partial charge is 0.0406 e. The highest BCUT2D eigenvalue weighted by Crippen LogP contribution is 2.23. The number of benzene rings is 2. The van der Waals surface area contributed by atoms with Crippen molar-refractivity contribution in [1.29, 1.82) is 0 Å². The van der Waals surface area contributed by atoms with Crippen molar-refractivity contribution in [2.24, 2.45) is 0 Å². The molecular formula is C14H13Cl. The third-order valence-corrected chi connectivity index (χ3v) is 2.94. The van der Waals surface area contributed by atoms with Crippen molar-refractivity contribution in [2.75, 3.05) is 0 Å². The first-order valence-corrected chi connectivity index (χ1v) is 5.38. The SMILES string of the molecule is Cc1ccc(-c2ccc(Cl)cc2)cc1C. The fourth-order valence-electron chi connectivity index (χ4n) is 1.56. The zero-order valence-corrected chi connectivity index (χ0v) is 9.68. The van der Waals surface area contributed by atoms with Gasteiger partial charge in [-0.2, -0.15) is 0 Å². The predicted octanol–water partition coefficient (Wildman–Crippen LogP) is 4.62. The highest BCUT2D eigenvalue weighted by atomic mass is 35.5. The lowest BCUT2D eigenvalue weighted by atomic mass is 10.0.